The van der Waals surface area contributed by atoms with Crippen molar-refractivity contribution in [3.63, 3.8) is 0 Å². The van der Waals surface area contributed by atoms with Gasteiger partial charge >= 0.3 is 5.97 Å². The molecule has 0 saturated heterocycles. The number of thiazole rings is 1. The molecule has 3 N–H and O–H groups in total. The van der Waals surface area contributed by atoms with Gasteiger partial charge in [0.05, 0.1) is 35.1 Å². The van der Waals surface area contributed by atoms with Crippen LogP contribution in [0.2, 0.25) is 0 Å². The number of carbonyl (C=O) groups is 2. The molecule has 0 fully saturated rings. The van der Waals surface area contributed by atoms with E-state index in [0.717, 1.165) is 16.8 Å². The highest BCUT2D eigenvalue weighted by molar-refractivity contribution is 7.13. The average Bonchev–Trinajstić information content (AvgIpc) is 3.20. The van der Waals surface area contributed by atoms with Gasteiger partial charge in [-0.1, -0.05) is 0 Å². The van der Waals surface area contributed by atoms with E-state index in [-0.39, 0.29) is 23.7 Å². The Morgan fingerprint density at radius 2 is 1.83 bits per heavy atom. The molecule has 0 saturated carbocycles. The first-order chi connectivity index (χ1) is 13.5. The fourth-order valence-electron chi connectivity index (χ4n) is 2.57. The van der Waals surface area contributed by atoms with Crippen molar-refractivity contribution >= 4 is 23.2 Å². The van der Waals surface area contributed by atoms with E-state index in [1.54, 1.807) is 23.7 Å². The lowest BCUT2D eigenvalue weighted by Crippen LogP contribution is -2.24. The molecular weight excluding hydrogens is 395 g/mol. The number of carbonyl (C=O) groups excluding carboxylic acids is 1. The molecule has 0 radical (unpaired) electrons. The van der Waals surface area contributed by atoms with Crippen LogP contribution in [0.3, 0.4) is 0 Å². The van der Waals surface area contributed by atoms with Gasteiger partial charge in [-0.25, -0.2) is 9.37 Å². The molecule has 7 nitrogen and oxygen atoms in total. The van der Waals surface area contributed by atoms with E-state index >= 15 is 0 Å². The lowest BCUT2D eigenvalue weighted by Gasteiger charge is -2.23. The topological polar surface area (TPSA) is 111 Å². The summed E-state index contributed by atoms with van der Waals surface area (Å²) in [6, 6.07) is 6.25. The van der Waals surface area contributed by atoms with E-state index in [0.29, 0.717) is 10.7 Å². The van der Waals surface area contributed by atoms with Gasteiger partial charge in [0.25, 0.3) is 0 Å². The van der Waals surface area contributed by atoms with Crippen molar-refractivity contribution in [1.82, 2.24) is 14.8 Å². The Kier molecular flexibility index (Phi) is 6.86. The molecule has 2 aromatic heterocycles. The number of hydrogen-bond donors (Lipinski definition) is 2. The Morgan fingerprint density at radius 3 is 2.34 bits per heavy atom. The molecule has 0 aliphatic carbocycles. The number of aliphatic carboxylic acids is 1. The largest absolute Gasteiger partial charge is 0.481 e. The highest BCUT2D eigenvalue weighted by atomic mass is 32.1. The normalized spacial score (nSPS) is 10.9. The minimum absolute atomic E-state index is 0.115. The second-order valence-corrected chi connectivity index (χ2v) is 8.18. The zero-order chi connectivity index (χ0) is 21.8. The molecule has 0 aliphatic heterocycles. The van der Waals surface area contributed by atoms with Crippen molar-refractivity contribution < 1.29 is 19.1 Å². The first kappa shape index (κ1) is 22.2. The Hall–Kier alpha value is -3.07. The average molecular weight is 418 g/mol. The van der Waals surface area contributed by atoms with Crippen LogP contribution in [0.25, 0.3) is 21.8 Å². The molecule has 9 heteroatoms. The predicted octanol–water partition coefficient (Wildman–Crippen LogP) is 3.69. The quantitative estimate of drug-likeness (QED) is 0.671. The van der Waals surface area contributed by atoms with Crippen LogP contribution in [0.15, 0.2) is 35.8 Å². The molecule has 2 heterocycles. The van der Waals surface area contributed by atoms with Gasteiger partial charge in [0.15, 0.2) is 0 Å². The van der Waals surface area contributed by atoms with Crippen molar-refractivity contribution in [2.45, 2.75) is 39.7 Å². The number of carboxylic acid groups (broad SMARTS) is 1. The number of aromatic nitrogens is 3. The van der Waals surface area contributed by atoms with Crippen molar-refractivity contribution in [3.05, 3.63) is 47.4 Å². The first-order valence-electron chi connectivity index (χ1n) is 8.76. The second-order valence-electron chi connectivity index (χ2n) is 7.32. The first-order valence-corrected chi connectivity index (χ1v) is 9.64. The molecule has 0 spiro atoms. The Labute approximate surface area is 172 Å². The Balaban J connectivity index is 0.000000687. The van der Waals surface area contributed by atoms with Crippen LogP contribution in [-0.4, -0.2) is 31.7 Å². The summed E-state index contributed by atoms with van der Waals surface area (Å²) >= 11 is 1.38. The third-order valence-corrected chi connectivity index (χ3v) is 4.56. The Morgan fingerprint density at radius 1 is 1.24 bits per heavy atom. The van der Waals surface area contributed by atoms with Crippen molar-refractivity contribution in [1.29, 1.82) is 0 Å². The molecule has 29 heavy (non-hydrogen) atoms. The van der Waals surface area contributed by atoms with E-state index in [1.807, 2.05) is 25.5 Å². The third-order valence-electron chi connectivity index (χ3n) is 3.64. The summed E-state index contributed by atoms with van der Waals surface area (Å²) in [5.41, 5.74) is 7.19. The van der Waals surface area contributed by atoms with Gasteiger partial charge < -0.3 is 10.8 Å². The minimum atomic E-state index is -0.916. The molecule has 1 aromatic carbocycles. The number of nitrogens with two attached hydrogens (primary N) is 1. The number of primary amides is 1. The zero-order valence-corrected chi connectivity index (χ0v) is 17.5. The maximum atomic E-state index is 13.3. The van der Waals surface area contributed by atoms with Crippen LogP contribution in [0.5, 0.6) is 0 Å². The Bertz CT molecular complexity index is 1000. The monoisotopic (exact) mass is 418 g/mol. The number of hydrogen-bond acceptors (Lipinski definition) is 5. The second kappa shape index (κ2) is 8.95. The van der Waals surface area contributed by atoms with E-state index in [4.69, 9.17) is 5.11 Å². The highest BCUT2D eigenvalue weighted by Crippen LogP contribution is 2.36. The van der Waals surface area contributed by atoms with Crippen LogP contribution in [0.1, 0.15) is 33.4 Å². The number of amides is 1. The van der Waals surface area contributed by atoms with Gasteiger partial charge in [-0.3, -0.25) is 14.3 Å². The van der Waals surface area contributed by atoms with Crippen LogP contribution in [0, 0.1) is 5.82 Å². The number of nitrogens with zero attached hydrogens (tertiary/aromatic N) is 3. The van der Waals surface area contributed by atoms with Gasteiger partial charge in [0, 0.05) is 17.9 Å². The van der Waals surface area contributed by atoms with Crippen LogP contribution in [0.4, 0.5) is 4.39 Å². The molecular formula is C20H23FN4O3S. The van der Waals surface area contributed by atoms with Crippen molar-refractivity contribution in [2.24, 2.45) is 5.73 Å². The van der Waals surface area contributed by atoms with E-state index in [2.05, 4.69) is 15.8 Å². The molecule has 3 rings (SSSR count). The van der Waals surface area contributed by atoms with E-state index in [1.165, 1.54) is 30.4 Å². The molecule has 3 aromatic rings. The summed E-state index contributed by atoms with van der Waals surface area (Å²) in [6.45, 7) is 7.41. The number of carboxylic acids is 1. The molecule has 0 atom stereocenters. The molecule has 0 unspecified atom stereocenters. The highest BCUT2D eigenvalue weighted by Gasteiger charge is 2.24. The van der Waals surface area contributed by atoms with Crippen LogP contribution in [-0.2, 0) is 21.5 Å². The van der Waals surface area contributed by atoms with E-state index < -0.39 is 5.97 Å². The summed E-state index contributed by atoms with van der Waals surface area (Å²) in [5.74, 6) is -1.55. The summed E-state index contributed by atoms with van der Waals surface area (Å²) < 4.78 is 15.2. The zero-order valence-electron chi connectivity index (χ0n) is 16.6. The summed E-state index contributed by atoms with van der Waals surface area (Å²) in [6.07, 6.45) is 1.61. The summed E-state index contributed by atoms with van der Waals surface area (Å²) in [4.78, 5) is 24.5. The maximum Gasteiger partial charge on any atom is 0.309 e. The molecule has 0 bridgehead atoms. The lowest BCUT2D eigenvalue weighted by atomic mass is 10.0. The summed E-state index contributed by atoms with van der Waals surface area (Å²) in [7, 11) is 0. The predicted molar refractivity (Wildman–Crippen MR) is 110 cm³/mol. The van der Waals surface area contributed by atoms with Gasteiger partial charge in [-0.05, 0) is 45.0 Å². The van der Waals surface area contributed by atoms with Crippen molar-refractivity contribution in [3.8, 4) is 21.8 Å². The smallest absolute Gasteiger partial charge is 0.309 e. The summed E-state index contributed by atoms with van der Waals surface area (Å²) in [5, 5.41) is 15.9. The van der Waals surface area contributed by atoms with Gasteiger partial charge in [0.1, 0.15) is 10.8 Å². The van der Waals surface area contributed by atoms with E-state index in [9.17, 15) is 14.0 Å². The molecule has 154 valence electrons. The minimum Gasteiger partial charge on any atom is -0.481 e. The van der Waals surface area contributed by atoms with Crippen molar-refractivity contribution in [2.75, 3.05) is 0 Å². The van der Waals surface area contributed by atoms with Gasteiger partial charge in [-0.2, -0.15) is 5.10 Å². The maximum absolute atomic E-state index is 13.3. The molecule has 0 aliphatic rings. The lowest BCUT2D eigenvalue weighted by molar-refractivity contribution is -0.136. The number of halogens is 1. The number of benzene rings is 1. The fourth-order valence-corrected chi connectivity index (χ4v) is 3.40. The third kappa shape index (κ3) is 5.95. The SMILES string of the molecule is CC(C)(C)n1ncc(-c2nc(CC(=O)O)cs2)c1-c1ccc(F)cc1.CC(N)=O. The van der Waals surface area contributed by atoms with Gasteiger partial charge in [0.2, 0.25) is 5.91 Å². The molecule has 1 amide bonds. The standard InChI is InChI=1S/C18H18FN3O2S.C2H5NO/c1-18(2,3)22-16(11-4-6-12(19)7-5-11)14(9-20-22)17-21-13(10-25-17)8-15(23)24;1-2(3)4/h4-7,9-10H,8H2,1-3H3,(H,23,24);1H3,(H2,3,4). The fraction of sp³-hybridized carbons (Fsp3) is 0.300. The van der Waals surface area contributed by atoms with Crippen LogP contribution >= 0.6 is 11.3 Å². The van der Waals surface area contributed by atoms with Gasteiger partial charge in [-0.15, -0.1) is 11.3 Å². The van der Waals surface area contributed by atoms with Crippen LogP contribution < -0.4 is 5.73 Å². The number of rotatable bonds is 4.